The summed E-state index contributed by atoms with van der Waals surface area (Å²) >= 11 is 5.71. The zero-order valence-electron chi connectivity index (χ0n) is 14.9. The summed E-state index contributed by atoms with van der Waals surface area (Å²) in [6.45, 7) is 3.83. The van der Waals surface area contributed by atoms with Gasteiger partial charge in [-0.3, -0.25) is 15.0 Å². The van der Waals surface area contributed by atoms with Gasteiger partial charge in [0.15, 0.2) is 0 Å². The molecule has 0 aromatic heterocycles. The van der Waals surface area contributed by atoms with E-state index >= 15 is 0 Å². The summed E-state index contributed by atoms with van der Waals surface area (Å²) in [6, 6.07) is 11.1. The van der Waals surface area contributed by atoms with E-state index in [0.29, 0.717) is 10.7 Å². The van der Waals surface area contributed by atoms with E-state index in [9.17, 15) is 18.0 Å². The lowest BCUT2D eigenvalue weighted by Crippen LogP contribution is -2.41. The maximum absolute atomic E-state index is 12.0. The molecule has 9 heteroatoms. The number of halogens is 1. The minimum Gasteiger partial charge on any atom is -0.326 e. The number of carbonyl (C=O) groups excluding carboxylic acids is 2. The van der Waals surface area contributed by atoms with Crippen molar-refractivity contribution in [2.24, 2.45) is 0 Å². The molecule has 0 aliphatic rings. The first kappa shape index (κ1) is 20.9. The van der Waals surface area contributed by atoms with Crippen molar-refractivity contribution in [3.8, 4) is 0 Å². The third kappa shape index (κ3) is 6.35. The van der Waals surface area contributed by atoms with E-state index in [1.807, 2.05) is 30.8 Å². The van der Waals surface area contributed by atoms with Crippen LogP contribution < -0.4 is 15.6 Å². The van der Waals surface area contributed by atoms with Gasteiger partial charge in [0, 0.05) is 23.6 Å². The molecule has 0 aliphatic carbocycles. The van der Waals surface area contributed by atoms with Gasteiger partial charge in [0.05, 0.1) is 4.90 Å². The van der Waals surface area contributed by atoms with Crippen molar-refractivity contribution >= 4 is 39.1 Å². The SMILES string of the molecule is Cc1ccc(NC(=O)CCC(=O)NNS(=O)(=O)c2ccc(Cl)cc2)c(C)c1. The highest BCUT2D eigenvalue weighted by Crippen LogP contribution is 2.16. The maximum atomic E-state index is 12.0. The van der Waals surface area contributed by atoms with Crippen molar-refractivity contribution in [2.45, 2.75) is 31.6 Å². The van der Waals surface area contributed by atoms with Crippen LogP contribution in [0.5, 0.6) is 0 Å². The second-order valence-electron chi connectivity index (χ2n) is 5.97. The van der Waals surface area contributed by atoms with Crippen molar-refractivity contribution in [1.29, 1.82) is 0 Å². The topological polar surface area (TPSA) is 104 Å². The Morgan fingerprint density at radius 3 is 2.22 bits per heavy atom. The summed E-state index contributed by atoms with van der Waals surface area (Å²) in [4.78, 5) is 25.7. The average Bonchev–Trinajstić information content (AvgIpc) is 2.61. The molecular weight excluding hydrogens is 390 g/mol. The van der Waals surface area contributed by atoms with Crippen LogP contribution in [-0.2, 0) is 19.6 Å². The Labute approximate surface area is 163 Å². The van der Waals surface area contributed by atoms with Crippen molar-refractivity contribution in [3.63, 3.8) is 0 Å². The van der Waals surface area contributed by atoms with E-state index in [0.717, 1.165) is 11.1 Å². The number of nitrogens with one attached hydrogen (secondary N) is 3. The fourth-order valence-electron chi connectivity index (χ4n) is 2.25. The van der Waals surface area contributed by atoms with Crippen LogP contribution in [0.25, 0.3) is 0 Å². The van der Waals surface area contributed by atoms with E-state index in [1.165, 1.54) is 24.3 Å². The van der Waals surface area contributed by atoms with Gasteiger partial charge in [0.1, 0.15) is 0 Å². The van der Waals surface area contributed by atoms with Crippen molar-refractivity contribution < 1.29 is 18.0 Å². The number of anilines is 1. The van der Waals surface area contributed by atoms with Crippen LogP contribution in [0.2, 0.25) is 5.02 Å². The highest BCUT2D eigenvalue weighted by molar-refractivity contribution is 7.89. The van der Waals surface area contributed by atoms with Gasteiger partial charge in [0.25, 0.3) is 10.0 Å². The smallest absolute Gasteiger partial charge is 0.257 e. The Kier molecular flexibility index (Phi) is 6.95. The lowest BCUT2D eigenvalue weighted by Gasteiger charge is -2.10. The Bertz CT molecular complexity index is 944. The highest BCUT2D eigenvalue weighted by Gasteiger charge is 2.15. The van der Waals surface area contributed by atoms with Crippen molar-refractivity contribution in [3.05, 3.63) is 58.6 Å². The van der Waals surface area contributed by atoms with E-state index in [2.05, 4.69) is 10.7 Å². The average molecular weight is 410 g/mol. The highest BCUT2D eigenvalue weighted by atomic mass is 35.5. The molecule has 0 aliphatic heterocycles. The molecule has 2 aromatic carbocycles. The number of rotatable bonds is 7. The molecule has 27 heavy (non-hydrogen) atoms. The molecule has 0 bridgehead atoms. The molecular formula is C18H20ClN3O4S. The van der Waals surface area contributed by atoms with E-state index < -0.39 is 15.9 Å². The number of amides is 2. The first-order valence-electron chi connectivity index (χ1n) is 8.11. The molecule has 0 fully saturated rings. The lowest BCUT2D eigenvalue weighted by molar-refractivity contribution is -0.124. The van der Waals surface area contributed by atoms with Gasteiger partial charge in [-0.05, 0) is 49.7 Å². The molecule has 0 saturated heterocycles. The van der Waals surface area contributed by atoms with E-state index in [4.69, 9.17) is 11.6 Å². The van der Waals surface area contributed by atoms with Gasteiger partial charge in [-0.25, -0.2) is 8.42 Å². The summed E-state index contributed by atoms with van der Waals surface area (Å²) in [5, 5.41) is 3.12. The minimum absolute atomic E-state index is 0.0419. The van der Waals surface area contributed by atoms with Gasteiger partial charge >= 0.3 is 0 Å². The zero-order valence-corrected chi connectivity index (χ0v) is 16.4. The number of hydrogen-bond acceptors (Lipinski definition) is 4. The third-order valence-corrected chi connectivity index (χ3v) is 5.20. The molecule has 3 N–H and O–H groups in total. The number of hydrogen-bond donors (Lipinski definition) is 3. The third-order valence-electron chi connectivity index (χ3n) is 3.68. The Morgan fingerprint density at radius 2 is 1.59 bits per heavy atom. The number of hydrazine groups is 1. The van der Waals surface area contributed by atoms with E-state index in [-0.39, 0.29) is 23.6 Å². The predicted molar refractivity (Wildman–Crippen MR) is 104 cm³/mol. The molecule has 0 unspecified atom stereocenters. The molecule has 0 radical (unpaired) electrons. The molecule has 0 atom stereocenters. The van der Waals surface area contributed by atoms with Crippen LogP contribution in [0.4, 0.5) is 5.69 Å². The van der Waals surface area contributed by atoms with Gasteiger partial charge in [-0.1, -0.05) is 29.3 Å². The summed E-state index contributed by atoms with van der Waals surface area (Å²) in [5.74, 6) is -0.957. The van der Waals surface area contributed by atoms with Crippen molar-refractivity contribution in [1.82, 2.24) is 10.3 Å². The standard InChI is InChI=1S/C18H20ClN3O4S/c1-12-3-8-16(13(2)11-12)20-17(23)9-10-18(24)21-22-27(25,26)15-6-4-14(19)5-7-15/h3-8,11,22H,9-10H2,1-2H3,(H,20,23)(H,21,24). The quantitative estimate of drug-likeness (QED) is 0.611. The molecule has 0 saturated carbocycles. The number of sulfonamides is 1. The van der Waals surface area contributed by atoms with Crippen LogP contribution in [-0.4, -0.2) is 20.2 Å². The molecule has 2 rings (SSSR count). The van der Waals surface area contributed by atoms with Crippen LogP contribution in [0, 0.1) is 13.8 Å². The van der Waals surface area contributed by atoms with Gasteiger partial charge < -0.3 is 5.32 Å². The van der Waals surface area contributed by atoms with Crippen LogP contribution in [0.3, 0.4) is 0 Å². The van der Waals surface area contributed by atoms with Crippen LogP contribution in [0.1, 0.15) is 24.0 Å². The second kappa shape index (κ2) is 8.98. The Morgan fingerprint density at radius 1 is 0.963 bits per heavy atom. The Balaban J connectivity index is 1.81. The summed E-state index contributed by atoms with van der Waals surface area (Å²) < 4.78 is 24.1. The molecule has 144 valence electrons. The predicted octanol–water partition coefficient (Wildman–Crippen LogP) is 2.69. The van der Waals surface area contributed by atoms with Gasteiger partial charge in [0.2, 0.25) is 11.8 Å². The molecule has 7 nitrogen and oxygen atoms in total. The summed E-state index contributed by atoms with van der Waals surface area (Å²) in [6.07, 6.45) is -0.248. The Hall–Kier alpha value is -2.42. The molecule has 2 aromatic rings. The number of carbonyl (C=O) groups is 2. The largest absolute Gasteiger partial charge is 0.326 e. The van der Waals surface area contributed by atoms with E-state index in [1.54, 1.807) is 6.07 Å². The molecule has 0 heterocycles. The summed E-state index contributed by atoms with van der Waals surface area (Å²) in [7, 11) is -3.91. The first-order chi connectivity index (χ1) is 12.7. The normalized spacial score (nSPS) is 11.1. The molecule has 0 spiro atoms. The number of aryl methyl sites for hydroxylation is 2. The van der Waals surface area contributed by atoms with Crippen LogP contribution >= 0.6 is 11.6 Å². The van der Waals surface area contributed by atoms with Gasteiger partial charge in [-0.15, -0.1) is 4.83 Å². The van der Waals surface area contributed by atoms with Gasteiger partial charge in [-0.2, -0.15) is 0 Å². The number of benzene rings is 2. The molecule has 2 amide bonds. The summed E-state index contributed by atoms with van der Waals surface area (Å²) in [5.41, 5.74) is 4.76. The van der Waals surface area contributed by atoms with Crippen molar-refractivity contribution in [2.75, 3.05) is 5.32 Å². The monoisotopic (exact) mass is 409 g/mol. The second-order valence-corrected chi connectivity index (χ2v) is 8.09. The first-order valence-corrected chi connectivity index (χ1v) is 9.97. The maximum Gasteiger partial charge on any atom is 0.257 e. The van der Waals surface area contributed by atoms with Crippen LogP contribution in [0.15, 0.2) is 47.4 Å². The fraction of sp³-hybridized carbons (Fsp3) is 0.222. The minimum atomic E-state index is -3.91. The fourth-order valence-corrected chi connectivity index (χ4v) is 3.24. The lowest BCUT2D eigenvalue weighted by atomic mass is 10.1. The zero-order chi connectivity index (χ0) is 20.0.